The smallest absolute Gasteiger partial charge is 0.327 e. The van der Waals surface area contributed by atoms with Gasteiger partial charge in [-0.1, -0.05) is 0 Å². The summed E-state index contributed by atoms with van der Waals surface area (Å²) in [6, 6.07) is -0.183. The zero-order valence-corrected chi connectivity index (χ0v) is 11.5. The molecule has 21 heavy (non-hydrogen) atoms. The number of hydrogen-bond acceptors (Lipinski definition) is 6. The summed E-state index contributed by atoms with van der Waals surface area (Å²) in [4.78, 5) is 48.3. The summed E-state index contributed by atoms with van der Waals surface area (Å²) >= 11 is 1.39. The van der Waals surface area contributed by atoms with Gasteiger partial charge in [-0.3, -0.25) is 19.7 Å². The number of carbonyl (C=O) groups is 2. The van der Waals surface area contributed by atoms with Crippen LogP contribution in [-0.2, 0) is 4.79 Å². The molecule has 1 aromatic heterocycles. The number of pyridine rings is 1. The highest BCUT2D eigenvalue weighted by Crippen LogP contribution is 2.19. The van der Waals surface area contributed by atoms with E-state index < -0.39 is 39.7 Å². The molecule has 2 rings (SSSR count). The van der Waals surface area contributed by atoms with Crippen LogP contribution in [0, 0.1) is 10.1 Å². The van der Waals surface area contributed by atoms with Gasteiger partial charge >= 0.3 is 5.97 Å². The predicted molar refractivity (Wildman–Crippen MR) is 73.5 cm³/mol. The lowest BCUT2D eigenvalue weighted by Gasteiger charge is -2.32. The Morgan fingerprint density at radius 2 is 2.24 bits per heavy atom. The third kappa shape index (κ3) is 3.05. The van der Waals surface area contributed by atoms with Crippen molar-refractivity contribution in [1.82, 2.24) is 9.88 Å². The molecule has 2 N–H and O–H groups in total. The average Bonchev–Trinajstić information content (AvgIpc) is 2.46. The van der Waals surface area contributed by atoms with Gasteiger partial charge in [0.05, 0.1) is 11.1 Å². The first kappa shape index (κ1) is 15.0. The lowest BCUT2D eigenvalue weighted by molar-refractivity contribution is -0.385. The molecule has 1 aromatic rings. The predicted octanol–water partition coefficient (Wildman–Crippen LogP) is -0.0747. The van der Waals surface area contributed by atoms with Crippen molar-refractivity contribution in [1.29, 1.82) is 0 Å². The van der Waals surface area contributed by atoms with E-state index in [9.17, 15) is 24.5 Å². The third-order valence-electron chi connectivity index (χ3n) is 3.00. The van der Waals surface area contributed by atoms with E-state index in [0.29, 0.717) is 5.75 Å². The molecule has 0 aliphatic carbocycles. The topological polar surface area (TPSA) is 134 Å². The molecule has 0 spiro atoms. The summed E-state index contributed by atoms with van der Waals surface area (Å²) in [5.74, 6) is -1.22. The minimum Gasteiger partial charge on any atom is -0.480 e. The number of aromatic amines is 1. The van der Waals surface area contributed by atoms with Crippen LogP contribution in [0.2, 0.25) is 0 Å². The highest BCUT2D eigenvalue weighted by atomic mass is 32.2. The standard InChI is InChI=1S/C11H11N3O6S/c15-9-7(3-6(4-12-9)14(19)20)10(16)13-1-2-21-5-8(13)11(17)18/h3-4,8H,1-2,5H2,(H,12,15)(H,17,18). The molecule has 0 bridgehead atoms. The normalized spacial score (nSPS) is 18.3. The molecule has 112 valence electrons. The van der Waals surface area contributed by atoms with Crippen molar-refractivity contribution in [2.75, 3.05) is 18.1 Å². The monoisotopic (exact) mass is 313 g/mol. The number of aliphatic carboxylic acids is 1. The van der Waals surface area contributed by atoms with Crippen LogP contribution < -0.4 is 5.56 Å². The van der Waals surface area contributed by atoms with Gasteiger partial charge in [-0.2, -0.15) is 11.8 Å². The molecule has 1 atom stereocenters. The molecule has 1 aliphatic heterocycles. The van der Waals surface area contributed by atoms with Gasteiger partial charge in [0.15, 0.2) is 0 Å². The average molecular weight is 313 g/mol. The summed E-state index contributed by atoms with van der Waals surface area (Å²) in [7, 11) is 0. The van der Waals surface area contributed by atoms with E-state index in [-0.39, 0.29) is 12.3 Å². The maximum Gasteiger partial charge on any atom is 0.327 e. The van der Waals surface area contributed by atoms with E-state index in [4.69, 9.17) is 5.11 Å². The second-order valence-corrected chi connectivity index (χ2v) is 5.44. The minimum atomic E-state index is -1.17. The summed E-state index contributed by atoms with van der Waals surface area (Å²) in [6.45, 7) is 0.169. The van der Waals surface area contributed by atoms with Crippen molar-refractivity contribution in [2.45, 2.75) is 6.04 Å². The Morgan fingerprint density at radius 1 is 1.52 bits per heavy atom. The van der Waals surface area contributed by atoms with Crippen LogP contribution in [-0.4, -0.2) is 55.9 Å². The van der Waals surface area contributed by atoms with Crippen LogP contribution in [0.3, 0.4) is 0 Å². The van der Waals surface area contributed by atoms with E-state index in [1.165, 1.54) is 11.8 Å². The molecule has 1 saturated heterocycles. The molecule has 1 amide bonds. The van der Waals surface area contributed by atoms with Crippen molar-refractivity contribution >= 4 is 29.3 Å². The number of nitro groups is 1. The maximum absolute atomic E-state index is 12.3. The minimum absolute atomic E-state index is 0.169. The number of amides is 1. The fraction of sp³-hybridized carbons (Fsp3) is 0.364. The number of nitrogens with one attached hydrogen (secondary N) is 1. The largest absolute Gasteiger partial charge is 0.480 e. The van der Waals surface area contributed by atoms with Crippen LogP contribution in [0.25, 0.3) is 0 Å². The van der Waals surface area contributed by atoms with Crippen LogP contribution in [0.15, 0.2) is 17.1 Å². The zero-order chi connectivity index (χ0) is 15.6. The van der Waals surface area contributed by atoms with E-state index in [2.05, 4.69) is 4.98 Å². The highest BCUT2D eigenvalue weighted by Gasteiger charge is 2.34. The lowest BCUT2D eigenvalue weighted by Crippen LogP contribution is -2.51. The summed E-state index contributed by atoms with van der Waals surface area (Å²) in [5, 5.41) is 19.8. The number of thioether (sulfide) groups is 1. The van der Waals surface area contributed by atoms with Gasteiger partial charge in [0.2, 0.25) is 0 Å². The first-order chi connectivity index (χ1) is 9.91. The van der Waals surface area contributed by atoms with Crippen LogP contribution in [0.4, 0.5) is 5.69 Å². The number of H-pyrrole nitrogens is 1. The van der Waals surface area contributed by atoms with Crippen molar-refractivity contribution in [3.63, 3.8) is 0 Å². The quantitative estimate of drug-likeness (QED) is 0.589. The molecular weight excluding hydrogens is 302 g/mol. The van der Waals surface area contributed by atoms with Gasteiger partial charge in [0, 0.05) is 24.1 Å². The van der Waals surface area contributed by atoms with Gasteiger partial charge in [-0.15, -0.1) is 0 Å². The Balaban J connectivity index is 2.38. The summed E-state index contributed by atoms with van der Waals surface area (Å²) in [6.07, 6.45) is 0.889. The summed E-state index contributed by atoms with van der Waals surface area (Å²) < 4.78 is 0. The Hall–Kier alpha value is -2.36. The van der Waals surface area contributed by atoms with Crippen molar-refractivity contribution in [3.8, 4) is 0 Å². The number of nitrogens with zero attached hydrogens (tertiary/aromatic N) is 2. The molecule has 1 aliphatic rings. The van der Waals surface area contributed by atoms with Gasteiger partial charge in [-0.25, -0.2) is 4.79 Å². The second-order valence-electron chi connectivity index (χ2n) is 4.29. The van der Waals surface area contributed by atoms with Crippen molar-refractivity contribution in [3.05, 3.63) is 38.3 Å². The number of rotatable bonds is 3. The van der Waals surface area contributed by atoms with Crippen LogP contribution in [0.1, 0.15) is 10.4 Å². The maximum atomic E-state index is 12.3. The fourth-order valence-corrected chi connectivity index (χ4v) is 2.98. The SMILES string of the molecule is O=C(O)C1CSCCN1C(=O)c1cc([N+](=O)[O-])c[nH]c1=O. The van der Waals surface area contributed by atoms with Gasteiger partial charge in [0.25, 0.3) is 17.2 Å². The highest BCUT2D eigenvalue weighted by molar-refractivity contribution is 7.99. The van der Waals surface area contributed by atoms with E-state index in [0.717, 1.165) is 17.2 Å². The summed E-state index contributed by atoms with van der Waals surface area (Å²) in [5.41, 5.74) is -1.65. The molecule has 0 saturated carbocycles. The Kier molecular flexibility index (Phi) is 4.26. The van der Waals surface area contributed by atoms with Crippen LogP contribution in [0.5, 0.6) is 0 Å². The van der Waals surface area contributed by atoms with E-state index in [1.54, 1.807) is 0 Å². The van der Waals surface area contributed by atoms with Crippen molar-refractivity contribution < 1.29 is 19.6 Å². The lowest BCUT2D eigenvalue weighted by atomic mass is 10.2. The van der Waals surface area contributed by atoms with Crippen LogP contribution >= 0.6 is 11.8 Å². The van der Waals surface area contributed by atoms with Gasteiger partial charge in [-0.05, 0) is 0 Å². The molecule has 1 fully saturated rings. The molecular formula is C11H11N3O6S. The Bertz CT molecular complexity index is 658. The number of carboxylic acids is 1. The number of carboxylic acid groups (broad SMARTS) is 1. The molecule has 0 radical (unpaired) electrons. The van der Waals surface area contributed by atoms with E-state index >= 15 is 0 Å². The first-order valence-corrected chi connectivity index (χ1v) is 7.06. The molecule has 9 nitrogen and oxygen atoms in total. The first-order valence-electron chi connectivity index (χ1n) is 5.90. The molecule has 10 heteroatoms. The third-order valence-corrected chi connectivity index (χ3v) is 4.03. The molecule has 0 aromatic carbocycles. The zero-order valence-electron chi connectivity index (χ0n) is 10.6. The van der Waals surface area contributed by atoms with Crippen molar-refractivity contribution in [2.24, 2.45) is 0 Å². The Labute approximate surface area is 122 Å². The van der Waals surface area contributed by atoms with E-state index in [1.807, 2.05) is 0 Å². The van der Waals surface area contributed by atoms with Gasteiger partial charge in [0.1, 0.15) is 11.6 Å². The fourth-order valence-electron chi connectivity index (χ4n) is 1.94. The second kappa shape index (κ2) is 5.95. The van der Waals surface area contributed by atoms with Gasteiger partial charge < -0.3 is 15.0 Å². The number of aromatic nitrogens is 1. The molecule has 2 heterocycles. The number of carbonyl (C=O) groups excluding carboxylic acids is 1. The molecule has 1 unspecified atom stereocenters. The number of hydrogen-bond donors (Lipinski definition) is 2. The Morgan fingerprint density at radius 3 is 2.86 bits per heavy atom.